The fraction of sp³-hybridized carbons (Fsp3) is 0.400. The highest BCUT2D eigenvalue weighted by molar-refractivity contribution is 7.99. The molecule has 96 valence electrons. The number of rotatable bonds is 5. The standard InChI is InChI=1S/C10H12N4O2S2/c1-6-12-13-10(18-5-9(15)16)14(6)3-8-4-17-7(2)11-8/h4H,3,5H2,1-2H3,(H,15,16). The number of aliphatic carboxylic acids is 1. The molecule has 6 nitrogen and oxygen atoms in total. The topological polar surface area (TPSA) is 80.9 Å². The molecule has 0 aliphatic rings. The summed E-state index contributed by atoms with van der Waals surface area (Å²) in [4.78, 5) is 14.9. The van der Waals surface area contributed by atoms with Crippen LogP contribution >= 0.6 is 23.1 Å². The Labute approximate surface area is 112 Å². The second-order valence-corrected chi connectivity index (χ2v) is 5.66. The van der Waals surface area contributed by atoms with E-state index in [0.29, 0.717) is 11.7 Å². The molecule has 0 atom stereocenters. The van der Waals surface area contributed by atoms with Crippen LogP contribution in [-0.2, 0) is 11.3 Å². The van der Waals surface area contributed by atoms with Crippen molar-refractivity contribution in [3.63, 3.8) is 0 Å². The molecule has 0 saturated carbocycles. The lowest BCUT2D eigenvalue weighted by atomic mass is 10.4. The summed E-state index contributed by atoms with van der Waals surface area (Å²) in [5.74, 6) is -0.126. The van der Waals surface area contributed by atoms with Crippen molar-refractivity contribution < 1.29 is 9.90 Å². The van der Waals surface area contributed by atoms with Crippen LogP contribution in [0.1, 0.15) is 16.5 Å². The largest absolute Gasteiger partial charge is 0.481 e. The fourth-order valence-electron chi connectivity index (χ4n) is 1.42. The van der Waals surface area contributed by atoms with Gasteiger partial charge in [0, 0.05) is 5.38 Å². The second kappa shape index (κ2) is 5.49. The highest BCUT2D eigenvalue weighted by Gasteiger charge is 2.12. The second-order valence-electron chi connectivity index (χ2n) is 3.66. The number of hydrogen-bond donors (Lipinski definition) is 1. The Morgan fingerprint density at radius 1 is 1.50 bits per heavy atom. The van der Waals surface area contributed by atoms with Gasteiger partial charge in [0.05, 0.1) is 23.0 Å². The number of thiazole rings is 1. The van der Waals surface area contributed by atoms with E-state index in [0.717, 1.165) is 16.5 Å². The summed E-state index contributed by atoms with van der Waals surface area (Å²) in [5, 5.41) is 20.2. The number of aryl methyl sites for hydroxylation is 2. The molecule has 0 aliphatic heterocycles. The van der Waals surface area contributed by atoms with Crippen LogP contribution in [0.5, 0.6) is 0 Å². The Kier molecular flexibility index (Phi) is 3.97. The zero-order valence-electron chi connectivity index (χ0n) is 9.95. The first-order valence-corrected chi connectivity index (χ1v) is 7.08. The van der Waals surface area contributed by atoms with Crippen LogP contribution in [0.3, 0.4) is 0 Å². The van der Waals surface area contributed by atoms with Gasteiger partial charge in [-0.15, -0.1) is 21.5 Å². The van der Waals surface area contributed by atoms with E-state index in [4.69, 9.17) is 5.11 Å². The molecule has 0 aromatic carbocycles. The number of hydrogen-bond acceptors (Lipinski definition) is 6. The molecule has 2 heterocycles. The first-order valence-electron chi connectivity index (χ1n) is 5.21. The number of carboxylic acids is 1. The van der Waals surface area contributed by atoms with Crippen molar-refractivity contribution in [3.05, 3.63) is 21.9 Å². The van der Waals surface area contributed by atoms with Crippen LogP contribution in [-0.4, -0.2) is 36.6 Å². The molecule has 0 saturated heterocycles. The van der Waals surface area contributed by atoms with Gasteiger partial charge in [0.25, 0.3) is 0 Å². The fourth-order valence-corrected chi connectivity index (χ4v) is 2.73. The number of carbonyl (C=O) groups is 1. The van der Waals surface area contributed by atoms with Gasteiger partial charge in [-0.3, -0.25) is 4.79 Å². The van der Waals surface area contributed by atoms with Crippen LogP contribution in [0.25, 0.3) is 0 Å². The molecule has 8 heteroatoms. The summed E-state index contributed by atoms with van der Waals surface area (Å²) < 4.78 is 1.88. The lowest BCUT2D eigenvalue weighted by molar-refractivity contribution is -0.133. The smallest absolute Gasteiger partial charge is 0.313 e. The Morgan fingerprint density at radius 2 is 2.28 bits per heavy atom. The van der Waals surface area contributed by atoms with E-state index >= 15 is 0 Å². The van der Waals surface area contributed by atoms with Gasteiger partial charge in [0.2, 0.25) is 0 Å². The van der Waals surface area contributed by atoms with Crippen LogP contribution in [0, 0.1) is 13.8 Å². The summed E-state index contributed by atoms with van der Waals surface area (Å²) >= 11 is 2.76. The molecule has 18 heavy (non-hydrogen) atoms. The minimum absolute atomic E-state index is 0.0196. The Balaban J connectivity index is 2.16. The molecular weight excluding hydrogens is 272 g/mol. The maximum atomic E-state index is 10.6. The van der Waals surface area contributed by atoms with Crippen LogP contribution in [0.15, 0.2) is 10.5 Å². The lowest BCUT2D eigenvalue weighted by Crippen LogP contribution is -2.06. The van der Waals surface area contributed by atoms with E-state index in [9.17, 15) is 4.79 Å². The number of aromatic nitrogens is 4. The number of carboxylic acid groups (broad SMARTS) is 1. The Hall–Kier alpha value is -1.41. The van der Waals surface area contributed by atoms with Crippen molar-refractivity contribution >= 4 is 29.1 Å². The number of thioether (sulfide) groups is 1. The third-order valence-electron chi connectivity index (χ3n) is 2.21. The summed E-state index contributed by atoms with van der Waals surface area (Å²) in [6.45, 7) is 4.37. The SMILES string of the molecule is Cc1nc(Cn2c(C)nnc2SCC(=O)O)cs1. The molecular formula is C10H12N4O2S2. The molecule has 0 amide bonds. The maximum absolute atomic E-state index is 10.6. The molecule has 2 rings (SSSR count). The third-order valence-corrected chi connectivity index (χ3v) is 3.99. The van der Waals surface area contributed by atoms with Crippen molar-refractivity contribution in [1.82, 2.24) is 19.7 Å². The van der Waals surface area contributed by atoms with Crippen molar-refractivity contribution in [2.24, 2.45) is 0 Å². The summed E-state index contributed by atoms with van der Waals surface area (Å²) in [6.07, 6.45) is 0. The molecule has 2 aromatic rings. The van der Waals surface area contributed by atoms with E-state index < -0.39 is 5.97 Å². The average Bonchev–Trinajstić information content (AvgIpc) is 2.85. The van der Waals surface area contributed by atoms with Gasteiger partial charge in [0.15, 0.2) is 5.16 Å². The van der Waals surface area contributed by atoms with E-state index in [1.165, 1.54) is 11.8 Å². The zero-order chi connectivity index (χ0) is 13.1. The van der Waals surface area contributed by atoms with E-state index in [1.807, 2.05) is 23.8 Å². The van der Waals surface area contributed by atoms with Gasteiger partial charge in [-0.2, -0.15) is 0 Å². The summed E-state index contributed by atoms with van der Waals surface area (Å²) in [7, 11) is 0. The van der Waals surface area contributed by atoms with Gasteiger partial charge in [-0.1, -0.05) is 11.8 Å². The van der Waals surface area contributed by atoms with E-state index in [1.54, 1.807) is 11.3 Å². The van der Waals surface area contributed by atoms with Gasteiger partial charge >= 0.3 is 5.97 Å². The van der Waals surface area contributed by atoms with Gasteiger partial charge < -0.3 is 9.67 Å². The summed E-state index contributed by atoms with van der Waals surface area (Å²) in [5.41, 5.74) is 0.942. The Bertz CT molecular complexity index is 564. The molecule has 0 bridgehead atoms. The summed E-state index contributed by atoms with van der Waals surface area (Å²) in [6, 6.07) is 0. The van der Waals surface area contributed by atoms with Crippen molar-refractivity contribution in [2.45, 2.75) is 25.5 Å². The first-order chi connectivity index (χ1) is 8.56. The molecule has 2 aromatic heterocycles. The number of nitrogens with zero attached hydrogens (tertiary/aromatic N) is 4. The molecule has 0 fully saturated rings. The zero-order valence-corrected chi connectivity index (χ0v) is 11.6. The quantitative estimate of drug-likeness (QED) is 0.839. The highest BCUT2D eigenvalue weighted by atomic mass is 32.2. The van der Waals surface area contributed by atoms with E-state index in [2.05, 4.69) is 15.2 Å². The Morgan fingerprint density at radius 3 is 2.89 bits per heavy atom. The van der Waals surface area contributed by atoms with Gasteiger partial charge in [0.1, 0.15) is 5.82 Å². The highest BCUT2D eigenvalue weighted by Crippen LogP contribution is 2.19. The van der Waals surface area contributed by atoms with Crippen molar-refractivity contribution in [2.75, 3.05) is 5.75 Å². The lowest BCUT2D eigenvalue weighted by Gasteiger charge is -2.05. The van der Waals surface area contributed by atoms with Gasteiger partial charge in [-0.25, -0.2) is 4.98 Å². The third kappa shape index (κ3) is 3.08. The van der Waals surface area contributed by atoms with Crippen LogP contribution < -0.4 is 0 Å². The molecule has 0 spiro atoms. The molecule has 0 unspecified atom stereocenters. The first kappa shape index (κ1) is 13.0. The van der Waals surface area contributed by atoms with Crippen LogP contribution in [0.2, 0.25) is 0 Å². The monoisotopic (exact) mass is 284 g/mol. The van der Waals surface area contributed by atoms with Crippen molar-refractivity contribution in [1.29, 1.82) is 0 Å². The average molecular weight is 284 g/mol. The molecule has 0 radical (unpaired) electrons. The minimum atomic E-state index is -0.864. The minimum Gasteiger partial charge on any atom is -0.481 e. The molecule has 1 N–H and O–H groups in total. The van der Waals surface area contributed by atoms with E-state index in [-0.39, 0.29) is 5.75 Å². The van der Waals surface area contributed by atoms with Gasteiger partial charge in [-0.05, 0) is 13.8 Å². The predicted octanol–water partition coefficient (Wildman–Crippen LogP) is 1.58. The van der Waals surface area contributed by atoms with Crippen molar-refractivity contribution in [3.8, 4) is 0 Å². The molecule has 0 aliphatic carbocycles. The predicted molar refractivity (Wildman–Crippen MR) is 69.1 cm³/mol. The van der Waals surface area contributed by atoms with Crippen LogP contribution in [0.4, 0.5) is 0 Å². The maximum Gasteiger partial charge on any atom is 0.313 e. The normalized spacial score (nSPS) is 10.8.